The van der Waals surface area contributed by atoms with Crippen molar-refractivity contribution >= 4 is 17.6 Å². The first-order valence-electron chi connectivity index (χ1n) is 4.57. The van der Waals surface area contributed by atoms with Crippen molar-refractivity contribution in [1.29, 1.82) is 0 Å². The summed E-state index contributed by atoms with van der Waals surface area (Å²) in [5.41, 5.74) is 1.65. The van der Waals surface area contributed by atoms with Crippen molar-refractivity contribution < 1.29 is 9.90 Å². The highest BCUT2D eigenvalue weighted by atomic mass is 35.5. The van der Waals surface area contributed by atoms with Gasteiger partial charge in [-0.3, -0.25) is 9.48 Å². The van der Waals surface area contributed by atoms with E-state index in [2.05, 4.69) is 10.4 Å². The Morgan fingerprint density at radius 2 is 2.33 bits per heavy atom. The zero-order valence-electron chi connectivity index (χ0n) is 8.91. The van der Waals surface area contributed by atoms with Crippen LogP contribution < -0.4 is 5.32 Å². The van der Waals surface area contributed by atoms with Gasteiger partial charge in [0, 0.05) is 19.2 Å². The minimum atomic E-state index is -0.882. The Bertz CT molecular complexity index is 376. The van der Waals surface area contributed by atoms with Crippen LogP contribution in [0, 0.1) is 6.92 Å². The van der Waals surface area contributed by atoms with Crippen molar-refractivity contribution in [3.05, 3.63) is 16.4 Å². The number of nitrogens with one attached hydrogen (secondary N) is 1. The Kier molecular flexibility index (Phi) is 3.71. The second-order valence-electron chi connectivity index (χ2n) is 3.42. The molecule has 1 atom stereocenters. The number of hydrogen-bond acceptors (Lipinski definition) is 3. The van der Waals surface area contributed by atoms with Crippen LogP contribution in [0.1, 0.15) is 18.2 Å². The average Bonchev–Trinajstić information content (AvgIpc) is 2.38. The average molecular weight is 232 g/mol. The molecule has 0 aromatic carbocycles. The van der Waals surface area contributed by atoms with Gasteiger partial charge < -0.3 is 10.4 Å². The summed E-state index contributed by atoms with van der Waals surface area (Å²) >= 11 is 5.99. The summed E-state index contributed by atoms with van der Waals surface area (Å²) < 4.78 is 1.57. The normalized spacial score (nSPS) is 12.8. The van der Waals surface area contributed by atoms with Crippen LogP contribution in [0.5, 0.6) is 0 Å². The van der Waals surface area contributed by atoms with Crippen molar-refractivity contribution in [2.45, 2.75) is 26.4 Å². The minimum absolute atomic E-state index is 0.409. The molecule has 0 bridgehead atoms. The molecule has 6 heteroatoms. The van der Waals surface area contributed by atoms with E-state index in [0.29, 0.717) is 11.7 Å². The van der Waals surface area contributed by atoms with Gasteiger partial charge in [0.15, 0.2) is 0 Å². The first kappa shape index (κ1) is 12.0. The molecule has 0 fully saturated rings. The van der Waals surface area contributed by atoms with Crippen LogP contribution in [0.2, 0.25) is 5.15 Å². The van der Waals surface area contributed by atoms with Crippen LogP contribution in [0.4, 0.5) is 0 Å². The van der Waals surface area contributed by atoms with Gasteiger partial charge in [0.25, 0.3) is 0 Å². The first-order valence-corrected chi connectivity index (χ1v) is 4.95. The van der Waals surface area contributed by atoms with E-state index in [1.54, 1.807) is 18.7 Å². The van der Waals surface area contributed by atoms with Crippen molar-refractivity contribution in [1.82, 2.24) is 15.1 Å². The number of aromatic nitrogens is 2. The number of carbonyl (C=O) groups is 1. The van der Waals surface area contributed by atoms with Gasteiger partial charge >= 0.3 is 5.97 Å². The third-order valence-electron chi connectivity index (χ3n) is 2.23. The lowest BCUT2D eigenvalue weighted by molar-refractivity contribution is -0.139. The number of carboxylic acid groups (broad SMARTS) is 1. The van der Waals surface area contributed by atoms with Crippen LogP contribution >= 0.6 is 11.6 Å². The third-order valence-corrected chi connectivity index (χ3v) is 2.70. The van der Waals surface area contributed by atoms with E-state index in [9.17, 15) is 4.79 Å². The number of hydrogen-bond donors (Lipinski definition) is 2. The molecule has 2 N–H and O–H groups in total. The van der Waals surface area contributed by atoms with Gasteiger partial charge in [-0.2, -0.15) is 5.10 Å². The molecule has 15 heavy (non-hydrogen) atoms. The second kappa shape index (κ2) is 4.63. The van der Waals surface area contributed by atoms with Crippen LogP contribution in [-0.4, -0.2) is 26.9 Å². The topological polar surface area (TPSA) is 67.2 Å². The molecule has 1 aromatic heterocycles. The number of nitrogens with zero attached hydrogens (tertiary/aromatic N) is 2. The smallest absolute Gasteiger partial charge is 0.320 e. The lowest BCUT2D eigenvalue weighted by Crippen LogP contribution is -2.33. The van der Waals surface area contributed by atoms with E-state index in [1.165, 1.54) is 0 Å². The lowest BCUT2D eigenvalue weighted by Gasteiger charge is -2.08. The number of aryl methyl sites for hydroxylation is 2. The molecule has 0 radical (unpaired) electrons. The maximum atomic E-state index is 10.6. The maximum absolute atomic E-state index is 10.6. The molecule has 0 saturated carbocycles. The Morgan fingerprint density at radius 1 is 1.73 bits per heavy atom. The van der Waals surface area contributed by atoms with Gasteiger partial charge in [0.1, 0.15) is 11.2 Å². The number of rotatable bonds is 4. The van der Waals surface area contributed by atoms with Crippen molar-refractivity contribution in [2.75, 3.05) is 0 Å². The Balaban J connectivity index is 2.69. The molecule has 0 aliphatic rings. The first-order chi connectivity index (χ1) is 6.93. The molecule has 5 nitrogen and oxygen atoms in total. The molecule has 84 valence electrons. The number of carboxylic acids is 1. The van der Waals surface area contributed by atoms with E-state index in [0.717, 1.165) is 11.3 Å². The fourth-order valence-corrected chi connectivity index (χ4v) is 1.46. The van der Waals surface area contributed by atoms with Crippen LogP contribution in [-0.2, 0) is 18.4 Å². The molecule has 0 unspecified atom stereocenters. The van der Waals surface area contributed by atoms with E-state index in [1.807, 2.05) is 6.92 Å². The van der Waals surface area contributed by atoms with Crippen molar-refractivity contribution in [3.8, 4) is 0 Å². The van der Waals surface area contributed by atoms with E-state index in [-0.39, 0.29) is 0 Å². The molecule has 0 aliphatic heterocycles. The Labute approximate surface area is 93.0 Å². The summed E-state index contributed by atoms with van der Waals surface area (Å²) in [4.78, 5) is 10.6. The zero-order chi connectivity index (χ0) is 11.6. The quantitative estimate of drug-likeness (QED) is 0.810. The van der Waals surface area contributed by atoms with Gasteiger partial charge in [-0.05, 0) is 13.8 Å². The summed E-state index contributed by atoms with van der Waals surface area (Å²) in [5, 5.41) is 16.2. The minimum Gasteiger partial charge on any atom is -0.480 e. The SMILES string of the molecule is Cc1nn(C)c(Cl)c1CN[C@@H](C)C(=O)O. The molecule has 0 amide bonds. The third kappa shape index (κ3) is 2.70. The predicted octanol–water partition coefficient (Wildman–Crippen LogP) is 0.945. The lowest BCUT2D eigenvalue weighted by atomic mass is 10.2. The van der Waals surface area contributed by atoms with E-state index in [4.69, 9.17) is 16.7 Å². The molecule has 1 rings (SSSR count). The number of halogens is 1. The standard InChI is InChI=1S/C9H14ClN3O2/c1-5-7(8(10)13(3)12-5)4-11-6(2)9(14)15/h6,11H,4H2,1-3H3,(H,14,15)/t6-/m0/s1. The van der Waals surface area contributed by atoms with Gasteiger partial charge in [0.2, 0.25) is 0 Å². The molecule has 0 saturated heterocycles. The summed E-state index contributed by atoms with van der Waals surface area (Å²) in [7, 11) is 1.75. The second-order valence-corrected chi connectivity index (χ2v) is 3.78. The van der Waals surface area contributed by atoms with Crippen molar-refractivity contribution in [2.24, 2.45) is 7.05 Å². The van der Waals surface area contributed by atoms with Gasteiger partial charge in [-0.15, -0.1) is 0 Å². The van der Waals surface area contributed by atoms with Gasteiger partial charge in [0.05, 0.1) is 5.69 Å². The summed E-state index contributed by atoms with van der Waals surface area (Å²) in [5.74, 6) is -0.882. The van der Waals surface area contributed by atoms with Crippen molar-refractivity contribution in [3.63, 3.8) is 0 Å². The molecule has 1 heterocycles. The molecular formula is C9H14ClN3O2. The highest BCUT2D eigenvalue weighted by Crippen LogP contribution is 2.18. The van der Waals surface area contributed by atoms with Gasteiger partial charge in [-0.25, -0.2) is 0 Å². The monoisotopic (exact) mass is 231 g/mol. The fraction of sp³-hybridized carbons (Fsp3) is 0.556. The van der Waals surface area contributed by atoms with E-state index >= 15 is 0 Å². The van der Waals surface area contributed by atoms with Crippen LogP contribution in [0.15, 0.2) is 0 Å². The maximum Gasteiger partial charge on any atom is 0.320 e. The number of aliphatic carboxylic acids is 1. The van der Waals surface area contributed by atoms with Crippen LogP contribution in [0.25, 0.3) is 0 Å². The molecular weight excluding hydrogens is 218 g/mol. The Hall–Kier alpha value is -1.07. The highest BCUT2D eigenvalue weighted by molar-refractivity contribution is 6.30. The molecule has 1 aromatic rings. The molecule has 0 aliphatic carbocycles. The fourth-order valence-electron chi connectivity index (χ4n) is 1.22. The van der Waals surface area contributed by atoms with Gasteiger partial charge in [-0.1, -0.05) is 11.6 Å². The summed E-state index contributed by atoms with van der Waals surface area (Å²) in [6, 6.07) is -0.597. The van der Waals surface area contributed by atoms with E-state index < -0.39 is 12.0 Å². The Morgan fingerprint density at radius 3 is 2.73 bits per heavy atom. The zero-order valence-corrected chi connectivity index (χ0v) is 9.67. The summed E-state index contributed by atoms with van der Waals surface area (Å²) in [6.45, 7) is 3.84. The van der Waals surface area contributed by atoms with Crippen LogP contribution in [0.3, 0.4) is 0 Å². The largest absolute Gasteiger partial charge is 0.480 e. The molecule has 0 spiro atoms. The predicted molar refractivity (Wildman–Crippen MR) is 56.9 cm³/mol. The summed E-state index contributed by atoms with van der Waals surface area (Å²) in [6.07, 6.45) is 0. The highest BCUT2D eigenvalue weighted by Gasteiger charge is 2.14.